The Balaban J connectivity index is 2.39. The minimum Gasteiger partial charge on any atom is -0.335 e. The number of rotatable bonds is 1. The van der Waals surface area contributed by atoms with Gasteiger partial charge in [0.25, 0.3) is 5.91 Å². The van der Waals surface area contributed by atoms with Gasteiger partial charge in [-0.2, -0.15) is 0 Å². The van der Waals surface area contributed by atoms with Crippen molar-refractivity contribution >= 4 is 21.8 Å². The molecule has 1 aliphatic heterocycles. The first-order valence-corrected chi connectivity index (χ1v) is 5.97. The summed E-state index contributed by atoms with van der Waals surface area (Å²) in [6, 6.07) is 0.675. The molecule has 0 spiro atoms. The van der Waals surface area contributed by atoms with Crippen LogP contribution in [0.5, 0.6) is 0 Å². The number of likely N-dealkylation sites (tertiary alicyclic amines) is 1. The smallest absolute Gasteiger partial charge is 0.260 e. The SMILES string of the molecule is O=C(c1c(F)cc(Br)c(F)c1F)N1CC[C@@H](F)C1. The van der Waals surface area contributed by atoms with Crippen molar-refractivity contribution in [3.05, 3.63) is 33.6 Å². The van der Waals surface area contributed by atoms with Gasteiger partial charge in [0.2, 0.25) is 0 Å². The fourth-order valence-electron chi connectivity index (χ4n) is 1.82. The van der Waals surface area contributed by atoms with Gasteiger partial charge in [-0.25, -0.2) is 17.6 Å². The first-order valence-electron chi connectivity index (χ1n) is 5.18. The third-order valence-electron chi connectivity index (χ3n) is 2.75. The summed E-state index contributed by atoms with van der Waals surface area (Å²) in [5.74, 6) is -5.10. The van der Waals surface area contributed by atoms with Gasteiger partial charge in [0.1, 0.15) is 17.6 Å². The number of carbonyl (C=O) groups is 1. The highest BCUT2D eigenvalue weighted by Gasteiger charge is 2.31. The number of alkyl halides is 1. The Labute approximate surface area is 109 Å². The van der Waals surface area contributed by atoms with Crippen LogP contribution in [0.25, 0.3) is 0 Å². The normalized spacial score (nSPS) is 19.4. The van der Waals surface area contributed by atoms with Crippen molar-refractivity contribution in [3.8, 4) is 0 Å². The monoisotopic (exact) mass is 325 g/mol. The van der Waals surface area contributed by atoms with E-state index in [-0.39, 0.29) is 19.5 Å². The van der Waals surface area contributed by atoms with Crippen LogP contribution in [-0.4, -0.2) is 30.1 Å². The molecule has 1 fully saturated rings. The average molecular weight is 326 g/mol. The zero-order valence-corrected chi connectivity index (χ0v) is 10.6. The molecule has 1 aromatic rings. The third kappa shape index (κ3) is 2.23. The van der Waals surface area contributed by atoms with Crippen LogP contribution in [-0.2, 0) is 0 Å². The molecule has 0 N–H and O–H groups in total. The third-order valence-corrected chi connectivity index (χ3v) is 3.32. The van der Waals surface area contributed by atoms with E-state index in [0.717, 1.165) is 4.90 Å². The maximum atomic E-state index is 13.5. The van der Waals surface area contributed by atoms with Crippen molar-refractivity contribution in [2.24, 2.45) is 0 Å². The summed E-state index contributed by atoms with van der Waals surface area (Å²) >= 11 is 2.63. The molecule has 0 aromatic heterocycles. The van der Waals surface area contributed by atoms with E-state index in [9.17, 15) is 22.4 Å². The maximum Gasteiger partial charge on any atom is 0.260 e. The van der Waals surface area contributed by atoms with E-state index < -0.39 is 39.6 Å². The molecule has 18 heavy (non-hydrogen) atoms. The lowest BCUT2D eigenvalue weighted by Gasteiger charge is -2.16. The maximum absolute atomic E-state index is 13.5. The Kier molecular flexibility index (Phi) is 3.61. The number of halogens is 5. The minimum absolute atomic E-state index is 0.0660. The van der Waals surface area contributed by atoms with E-state index in [1.54, 1.807) is 0 Å². The summed E-state index contributed by atoms with van der Waals surface area (Å²) in [6.07, 6.45) is -1.09. The Bertz CT molecular complexity index is 508. The predicted molar refractivity (Wildman–Crippen MR) is 59.4 cm³/mol. The van der Waals surface area contributed by atoms with Crippen LogP contribution in [0.15, 0.2) is 10.5 Å². The molecule has 98 valence electrons. The van der Waals surface area contributed by atoms with Gasteiger partial charge in [-0.1, -0.05) is 0 Å². The second-order valence-electron chi connectivity index (χ2n) is 3.98. The van der Waals surface area contributed by atoms with E-state index in [2.05, 4.69) is 15.9 Å². The van der Waals surface area contributed by atoms with Gasteiger partial charge in [-0.3, -0.25) is 4.79 Å². The van der Waals surface area contributed by atoms with E-state index in [4.69, 9.17) is 0 Å². The van der Waals surface area contributed by atoms with Gasteiger partial charge in [-0.15, -0.1) is 0 Å². The highest BCUT2D eigenvalue weighted by molar-refractivity contribution is 9.10. The summed E-state index contributed by atoms with van der Waals surface area (Å²) in [7, 11) is 0. The van der Waals surface area contributed by atoms with Crippen LogP contribution < -0.4 is 0 Å². The molecule has 0 unspecified atom stereocenters. The molecular weight excluding hydrogens is 318 g/mol. The highest BCUT2D eigenvalue weighted by Crippen LogP contribution is 2.26. The molecule has 1 heterocycles. The first kappa shape index (κ1) is 13.3. The molecule has 1 saturated heterocycles. The molecule has 0 bridgehead atoms. The molecule has 1 amide bonds. The summed E-state index contributed by atoms with van der Waals surface area (Å²) in [4.78, 5) is 12.8. The van der Waals surface area contributed by atoms with Gasteiger partial charge in [0.15, 0.2) is 11.6 Å². The van der Waals surface area contributed by atoms with E-state index in [1.807, 2.05) is 0 Å². The van der Waals surface area contributed by atoms with Gasteiger partial charge < -0.3 is 4.90 Å². The largest absolute Gasteiger partial charge is 0.335 e. The fraction of sp³-hybridized carbons (Fsp3) is 0.364. The van der Waals surface area contributed by atoms with Crippen molar-refractivity contribution in [2.45, 2.75) is 12.6 Å². The Morgan fingerprint density at radius 2 is 2.00 bits per heavy atom. The lowest BCUT2D eigenvalue weighted by atomic mass is 10.1. The van der Waals surface area contributed by atoms with Gasteiger partial charge in [0.05, 0.1) is 11.0 Å². The zero-order chi connectivity index (χ0) is 13.4. The Morgan fingerprint density at radius 1 is 1.33 bits per heavy atom. The van der Waals surface area contributed by atoms with Crippen LogP contribution >= 0.6 is 15.9 Å². The molecule has 0 aliphatic carbocycles. The van der Waals surface area contributed by atoms with Crippen LogP contribution in [0.3, 0.4) is 0 Å². The summed E-state index contributed by atoms with van der Waals surface area (Å²) in [5.41, 5.74) is -0.982. The standard InChI is InChI=1S/C11H8BrF4NO/c12-6-3-7(14)8(10(16)9(6)15)11(18)17-2-1-5(13)4-17/h3,5H,1-2,4H2/t5-/m1/s1. The number of nitrogens with zero attached hydrogens (tertiary/aromatic N) is 1. The van der Waals surface area contributed by atoms with Crippen LogP contribution in [0.2, 0.25) is 0 Å². The molecule has 0 radical (unpaired) electrons. The lowest BCUT2D eigenvalue weighted by Crippen LogP contribution is -2.30. The average Bonchev–Trinajstić information content (AvgIpc) is 2.73. The van der Waals surface area contributed by atoms with Crippen LogP contribution in [0.1, 0.15) is 16.8 Å². The van der Waals surface area contributed by atoms with Gasteiger partial charge >= 0.3 is 0 Å². The molecule has 1 aromatic carbocycles. The Morgan fingerprint density at radius 3 is 2.56 bits per heavy atom. The predicted octanol–water partition coefficient (Wildman–Crippen LogP) is 3.05. The fourth-order valence-corrected chi connectivity index (χ4v) is 2.20. The highest BCUT2D eigenvalue weighted by atomic mass is 79.9. The molecule has 7 heteroatoms. The van der Waals surface area contributed by atoms with Crippen LogP contribution in [0.4, 0.5) is 17.6 Å². The van der Waals surface area contributed by atoms with Crippen LogP contribution in [0, 0.1) is 17.5 Å². The molecule has 1 aliphatic rings. The molecule has 1 atom stereocenters. The summed E-state index contributed by atoms with van der Waals surface area (Å²) in [6.45, 7) is -0.161. The lowest BCUT2D eigenvalue weighted by molar-refractivity contribution is 0.0771. The van der Waals surface area contributed by atoms with E-state index in [1.165, 1.54) is 0 Å². The van der Waals surface area contributed by atoms with Crippen molar-refractivity contribution in [2.75, 3.05) is 13.1 Å². The van der Waals surface area contributed by atoms with Gasteiger partial charge in [0, 0.05) is 6.54 Å². The zero-order valence-electron chi connectivity index (χ0n) is 9.02. The van der Waals surface area contributed by atoms with Crippen molar-refractivity contribution in [3.63, 3.8) is 0 Å². The second kappa shape index (κ2) is 4.87. The molecular formula is C11H8BrF4NO. The number of amides is 1. The van der Waals surface area contributed by atoms with Crippen molar-refractivity contribution < 1.29 is 22.4 Å². The van der Waals surface area contributed by atoms with E-state index >= 15 is 0 Å². The number of benzene rings is 1. The quantitative estimate of drug-likeness (QED) is 0.441. The summed E-state index contributed by atoms with van der Waals surface area (Å²) < 4.78 is 52.8. The minimum atomic E-state index is -1.56. The number of carbonyl (C=O) groups excluding carboxylic acids is 1. The molecule has 2 nitrogen and oxygen atoms in total. The molecule has 0 saturated carbocycles. The second-order valence-corrected chi connectivity index (χ2v) is 4.83. The molecule has 2 rings (SSSR count). The van der Waals surface area contributed by atoms with Gasteiger partial charge in [-0.05, 0) is 28.4 Å². The van der Waals surface area contributed by atoms with E-state index in [0.29, 0.717) is 6.07 Å². The summed E-state index contributed by atoms with van der Waals surface area (Å²) in [5, 5.41) is 0. The Hall–Kier alpha value is -1.11. The first-order chi connectivity index (χ1) is 8.41. The topological polar surface area (TPSA) is 20.3 Å². The number of hydrogen-bond acceptors (Lipinski definition) is 1. The van der Waals surface area contributed by atoms with Crippen molar-refractivity contribution in [1.82, 2.24) is 4.90 Å². The number of hydrogen-bond donors (Lipinski definition) is 0. The van der Waals surface area contributed by atoms with Crippen molar-refractivity contribution in [1.29, 1.82) is 0 Å².